The number of thioether (sulfide) groups is 1. The molecule has 1 aromatic heterocycles. The van der Waals surface area contributed by atoms with Gasteiger partial charge in [-0.05, 0) is 19.1 Å². The molecule has 0 spiro atoms. The third kappa shape index (κ3) is 2.64. The van der Waals surface area contributed by atoms with E-state index in [1.165, 1.54) is 17.9 Å². The lowest BCUT2D eigenvalue weighted by Gasteiger charge is -2.16. The summed E-state index contributed by atoms with van der Waals surface area (Å²) in [6.45, 7) is 3.69. The Hall–Kier alpha value is -1.56. The first kappa shape index (κ1) is 12.9. The van der Waals surface area contributed by atoms with E-state index in [1.807, 2.05) is 0 Å². The first-order valence-corrected chi connectivity index (χ1v) is 6.49. The van der Waals surface area contributed by atoms with Crippen molar-refractivity contribution in [2.45, 2.75) is 25.5 Å². The Kier molecular flexibility index (Phi) is 3.56. The largest absolute Gasteiger partial charge is 0.504 e. The quantitative estimate of drug-likeness (QED) is 0.878. The average molecular weight is 266 g/mol. The molecule has 5 nitrogen and oxygen atoms in total. The van der Waals surface area contributed by atoms with Gasteiger partial charge in [-0.15, -0.1) is 0 Å². The zero-order valence-corrected chi connectivity index (χ0v) is 11.0. The lowest BCUT2D eigenvalue weighted by atomic mass is 10.3. The van der Waals surface area contributed by atoms with E-state index in [0.717, 1.165) is 17.5 Å². The summed E-state index contributed by atoms with van der Waals surface area (Å²) >= 11 is 1.16. The minimum atomic E-state index is -0.109. The van der Waals surface area contributed by atoms with Crippen molar-refractivity contribution in [1.29, 1.82) is 0 Å². The number of rotatable bonds is 2. The minimum Gasteiger partial charge on any atom is -0.504 e. The van der Waals surface area contributed by atoms with Crippen LogP contribution in [0.3, 0.4) is 0 Å². The molecule has 0 saturated carbocycles. The highest BCUT2D eigenvalue weighted by atomic mass is 32.2. The van der Waals surface area contributed by atoms with E-state index in [4.69, 9.17) is 0 Å². The van der Waals surface area contributed by atoms with Crippen LogP contribution in [0.5, 0.6) is 5.75 Å². The fourth-order valence-corrected chi connectivity index (χ4v) is 2.85. The van der Waals surface area contributed by atoms with Crippen LogP contribution in [0.25, 0.3) is 0 Å². The molecule has 96 valence electrons. The molecule has 1 N–H and O–H groups in total. The summed E-state index contributed by atoms with van der Waals surface area (Å²) in [5.74, 6) is 0.163. The molecule has 6 heteroatoms. The fraction of sp³-hybridized carbons (Fsp3) is 0.417. The van der Waals surface area contributed by atoms with E-state index < -0.39 is 0 Å². The Morgan fingerprint density at radius 2 is 2.28 bits per heavy atom. The highest BCUT2D eigenvalue weighted by molar-refractivity contribution is 8.14. The lowest BCUT2D eigenvalue weighted by molar-refractivity contribution is -0.117. The van der Waals surface area contributed by atoms with Gasteiger partial charge in [0, 0.05) is 30.8 Å². The Morgan fingerprint density at radius 1 is 1.56 bits per heavy atom. The van der Waals surface area contributed by atoms with Crippen LogP contribution < -0.4 is 4.90 Å². The molecular weight excluding hydrogens is 252 g/mol. The van der Waals surface area contributed by atoms with E-state index >= 15 is 0 Å². The van der Waals surface area contributed by atoms with E-state index in [-0.39, 0.29) is 27.8 Å². The number of hydrogen-bond donors (Lipinski definition) is 1. The Balaban J connectivity index is 2.21. The molecule has 0 radical (unpaired) electrons. The molecular formula is C12H14N2O3S. The maximum atomic E-state index is 11.9. The van der Waals surface area contributed by atoms with E-state index in [2.05, 4.69) is 4.98 Å². The third-order valence-electron chi connectivity index (χ3n) is 2.67. The number of anilines is 1. The molecule has 18 heavy (non-hydrogen) atoms. The van der Waals surface area contributed by atoms with Gasteiger partial charge in [-0.1, -0.05) is 11.8 Å². The van der Waals surface area contributed by atoms with Crippen LogP contribution >= 0.6 is 11.8 Å². The number of amides is 1. The summed E-state index contributed by atoms with van der Waals surface area (Å²) < 4.78 is 0. The molecule has 1 aliphatic heterocycles. The Morgan fingerprint density at radius 3 is 2.94 bits per heavy atom. The topological polar surface area (TPSA) is 70.5 Å². The van der Waals surface area contributed by atoms with Crippen molar-refractivity contribution < 1.29 is 14.7 Å². The predicted molar refractivity (Wildman–Crippen MR) is 69.7 cm³/mol. The standard InChI is InChI=1S/C12H14N2O3S/c1-7-3-4-10(16)12(13-7)14-6-9(5-11(14)17)18-8(2)15/h3-4,9,16H,5-6H2,1-2H3. The SMILES string of the molecule is CC(=O)SC1CC(=O)N(c2nc(C)ccc2O)C1. The second-order valence-electron chi connectivity index (χ2n) is 4.24. The van der Waals surface area contributed by atoms with Gasteiger partial charge >= 0.3 is 0 Å². The highest BCUT2D eigenvalue weighted by Gasteiger charge is 2.33. The van der Waals surface area contributed by atoms with Crippen LogP contribution in [0.1, 0.15) is 19.0 Å². The summed E-state index contributed by atoms with van der Waals surface area (Å²) in [5.41, 5.74) is 0.735. The molecule has 1 saturated heterocycles. The first-order chi connectivity index (χ1) is 8.47. The smallest absolute Gasteiger partial charge is 0.229 e. The second kappa shape index (κ2) is 4.97. The van der Waals surface area contributed by atoms with Crippen LogP contribution in [0, 0.1) is 6.92 Å². The highest BCUT2D eigenvalue weighted by Crippen LogP contribution is 2.32. The molecule has 2 rings (SSSR count). The molecule has 1 aromatic rings. The molecule has 1 fully saturated rings. The molecule has 0 aromatic carbocycles. The van der Waals surface area contributed by atoms with Gasteiger partial charge in [0.25, 0.3) is 0 Å². The van der Waals surface area contributed by atoms with Gasteiger partial charge in [-0.3, -0.25) is 14.5 Å². The Labute approximate surface area is 109 Å². The molecule has 2 heterocycles. The van der Waals surface area contributed by atoms with Crippen molar-refractivity contribution in [3.8, 4) is 5.75 Å². The van der Waals surface area contributed by atoms with Gasteiger partial charge in [-0.2, -0.15) is 0 Å². The van der Waals surface area contributed by atoms with Crippen LogP contribution in [-0.2, 0) is 9.59 Å². The number of aromatic hydroxyl groups is 1. The molecule has 1 aliphatic rings. The molecule has 1 unspecified atom stereocenters. The fourth-order valence-electron chi connectivity index (χ4n) is 1.93. The van der Waals surface area contributed by atoms with Crippen molar-refractivity contribution in [1.82, 2.24) is 4.98 Å². The van der Waals surface area contributed by atoms with E-state index in [9.17, 15) is 14.7 Å². The van der Waals surface area contributed by atoms with Crippen LogP contribution in [0.4, 0.5) is 5.82 Å². The average Bonchev–Trinajstić information content (AvgIpc) is 2.62. The number of carbonyl (C=O) groups is 2. The van der Waals surface area contributed by atoms with Gasteiger partial charge < -0.3 is 5.11 Å². The molecule has 0 bridgehead atoms. The van der Waals surface area contributed by atoms with Gasteiger partial charge in [-0.25, -0.2) is 4.98 Å². The summed E-state index contributed by atoms with van der Waals surface area (Å²) in [6, 6.07) is 3.21. The maximum absolute atomic E-state index is 11.9. The first-order valence-electron chi connectivity index (χ1n) is 5.61. The number of hydrogen-bond acceptors (Lipinski definition) is 5. The second-order valence-corrected chi connectivity index (χ2v) is 5.71. The zero-order chi connectivity index (χ0) is 13.3. The van der Waals surface area contributed by atoms with Crippen LogP contribution in [0.15, 0.2) is 12.1 Å². The summed E-state index contributed by atoms with van der Waals surface area (Å²) in [6.07, 6.45) is 0.305. The molecule has 1 atom stereocenters. The predicted octanol–water partition coefficient (Wildman–Crippen LogP) is 1.48. The molecule has 1 amide bonds. The minimum absolute atomic E-state index is 0.00364. The third-order valence-corrected chi connectivity index (χ3v) is 3.65. The van der Waals surface area contributed by atoms with Crippen molar-refractivity contribution >= 4 is 28.6 Å². The van der Waals surface area contributed by atoms with Gasteiger partial charge in [0.15, 0.2) is 16.7 Å². The van der Waals surface area contributed by atoms with Crippen molar-refractivity contribution in [2.75, 3.05) is 11.4 Å². The van der Waals surface area contributed by atoms with Gasteiger partial charge in [0.05, 0.1) is 0 Å². The normalized spacial score (nSPS) is 19.3. The summed E-state index contributed by atoms with van der Waals surface area (Å²) in [5, 5.41) is 9.69. The number of nitrogens with zero attached hydrogens (tertiary/aromatic N) is 2. The zero-order valence-electron chi connectivity index (χ0n) is 10.2. The number of carbonyl (C=O) groups excluding carboxylic acids is 2. The number of aryl methyl sites for hydroxylation is 1. The maximum Gasteiger partial charge on any atom is 0.229 e. The lowest BCUT2D eigenvalue weighted by Crippen LogP contribution is -2.26. The monoisotopic (exact) mass is 266 g/mol. The van der Waals surface area contributed by atoms with Crippen molar-refractivity contribution in [3.63, 3.8) is 0 Å². The molecule has 0 aliphatic carbocycles. The van der Waals surface area contributed by atoms with Crippen LogP contribution in [-0.4, -0.2) is 32.9 Å². The number of pyridine rings is 1. The summed E-state index contributed by atoms with van der Waals surface area (Å²) in [4.78, 5) is 28.5. The van der Waals surface area contributed by atoms with E-state index in [1.54, 1.807) is 13.0 Å². The summed E-state index contributed by atoms with van der Waals surface area (Å²) in [7, 11) is 0. The Bertz CT molecular complexity index is 504. The number of aromatic nitrogens is 1. The van der Waals surface area contributed by atoms with E-state index in [0.29, 0.717) is 13.0 Å². The van der Waals surface area contributed by atoms with Crippen molar-refractivity contribution in [2.24, 2.45) is 0 Å². The van der Waals surface area contributed by atoms with Crippen LogP contribution in [0.2, 0.25) is 0 Å². The van der Waals surface area contributed by atoms with Gasteiger partial charge in [0.1, 0.15) is 0 Å². The van der Waals surface area contributed by atoms with Crippen molar-refractivity contribution in [3.05, 3.63) is 17.8 Å². The van der Waals surface area contributed by atoms with Gasteiger partial charge in [0.2, 0.25) is 5.91 Å².